The van der Waals surface area contributed by atoms with Gasteiger partial charge >= 0.3 is 0 Å². The molecule has 7 nitrogen and oxygen atoms in total. The number of amides is 2. The number of furan rings is 1. The average Bonchev–Trinajstić information content (AvgIpc) is 3.31. The van der Waals surface area contributed by atoms with Gasteiger partial charge in [0.15, 0.2) is 17.3 Å². The van der Waals surface area contributed by atoms with Crippen LogP contribution >= 0.6 is 0 Å². The fourth-order valence-electron chi connectivity index (χ4n) is 2.98. The van der Waals surface area contributed by atoms with E-state index in [9.17, 15) is 9.59 Å². The quantitative estimate of drug-likeness (QED) is 0.508. The van der Waals surface area contributed by atoms with Crippen molar-refractivity contribution < 1.29 is 23.5 Å². The van der Waals surface area contributed by atoms with Crippen molar-refractivity contribution in [2.75, 3.05) is 25.1 Å². The minimum Gasteiger partial charge on any atom is -0.490 e. The summed E-state index contributed by atoms with van der Waals surface area (Å²) in [6.07, 6.45) is 2.10. The molecule has 0 saturated heterocycles. The number of nitrogens with one attached hydrogen (secondary N) is 2. The third-order valence-corrected chi connectivity index (χ3v) is 4.46. The monoisotopic (exact) mass is 422 g/mol. The first-order valence-electron chi connectivity index (χ1n) is 10.2. The van der Waals surface area contributed by atoms with Crippen LogP contribution in [0.3, 0.4) is 0 Å². The second-order valence-corrected chi connectivity index (χ2v) is 6.66. The molecule has 0 fully saturated rings. The van der Waals surface area contributed by atoms with Crippen LogP contribution in [0, 0.1) is 0 Å². The standard InChI is InChI=1S/C24H26N2O5/c1-3-29-20-12-7-17(16-22(20)30-4-2)13-14-25-23(27)18-8-10-19(11-9-18)26-24(28)21-6-5-15-31-21/h5-12,15-16H,3-4,13-14H2,1-2H3,(H,25,27)(H,26,28). The smallest absolute Gasteiger partial charge is 0.291 e. The molecule has 2 N–H and O–H groups in total. The zero-order chi connectivity index (χ0) is 22.1. The maximum absolute atomic E-state index is 12.4. The Balaban J connectivity index is 1.51. The molecule has 162 valence electrons. The lowest BCUT2D eigenvalue weighted by molar-refractivity contribution is 0.0953. The Morgan fingerprint density at radius 2 is 1.65 bits per heavy atom. The molecule has 0 unspecified atom stereocenters. The molecule has 0 aliphatic carbocycles. The molecule has 0 saturated carbocycles. The molecule has 7 heteroatoms. The maximum Gasteiger partial charge on any atom is 0.291 e. The van der Waals surface area contributed by atoms with Crippen molar-refractivity contribution in [1.82, 2.24) is 5.32 Å². The molecule has 31 heavy (non-hydrogen) atoms. The minimum absolute atomic E-state index is 0.181. The van der Waals surface area contributed by atoms with Crippen LogP contribution in [0.25, 0.3) is 0 Å². The Hall–Kier alpha value is -3.74. The van der Waals surface area contributed by atoms with Crippen LogP contribution in [0.15, 0.2) is 65.3 Å². The Labute approximate surface area is 181 Å². The lowest BCUT2D eigenvalue weighted by Gasteiger charge is -2.12. The second kappa shape index (κ2) is 10.9. The van der Waals surface area contributed by atoms with Crippen molar-refractivity contribution in [3.05, 3.63) is 77.7 Å². The number of anilines is 1. The van der Waals surface area contributed by atoms with Gasteiger partial charge in [0.2, 0.25) is 0 Å². The van der Waals surface area contributed by atoms with Crippen LogP contribution in [0.1, 0.15) is 40.3 Å². The van der Waals surface area contributed by atoms with E-state index in [0.717, 1.165) is 11.3 Å². The number of ether oxygens (including phenoxy) is 2. The molecule has 0 bridgehead atoms. The highest BCUT2D eigenvalue weighted by molar-refractivity contribution is 6.02. The summed E-state index contributed by atoms with van der Waals surface area (Å²) in [5.74, 6) is 1.13. The highest BCUT2D eigenvalue weighted by Crippen LogP contribution is 2.28. The van der Waals surface area contributed by atoms with Crippen LogP contribution in [-0.2, 0) is 6.42 Å². The number of rotatable bonds is 10. The summed E-state index contributed by atoms with van der Waals surface area (Å²) < 4.78 is 16.3. The molecule has 0 aliphatic heterocycles. The number of benzene rings is 2. The molecular weight excluding hydrogens is 396 g/mol. The number of carbonyl (C=O) groups is 2. The minimum atomic E-state index is -0.344. The molecule has 2 aromatic carbocycles. The van der Waals surface area contributed by atoms with Gasteiger partial charge in [-0.1, -0.05) is 6.07 Å². The van der Waals surface area contributed by atoms with Crippen molar-refractivity contribution in [3.8, 4) is 11.5 Å². The molecule has 2 amide bonds. The van der Waals surface area contributed by atoms with Gasteiger partial charge in [-0.2, -0.15) is 0 Å². The van der Waals surface area contributed by atoms with Gasteiger partial charge in [0.1, 0.15) is 0 Å². The SMILES string of the molecule is CCOc1ccc(CCNC(=O)c2ccc(NC(=O)c3ccco3)cc2)cc1OCC. The average molecular weight is 422 g/mol. The first-order valence-corrected chi connectivity index (χ1v) is 10.2. The predicted octanol–water partition coefficient (Wildman–Crippen LogP) is 4.30. The summed E-state index contributed by atoms with van der Waals surface area (Å²) in [6.45, 7) is 5.46. The molecule has 0 atom stereocenters. The van der Waals surface area contributed by atoms with Gasteiger partial charge in [-0.15, -0.1) is 0 Å². The van der Waals surface area contributed by atoms with Crippen molar-refractivity contribution in [1.29, 1.82) is 0 Å². The van der Waals surface area contributed by atoms with E-state index in [1.54, 1.807) is 36.4 Å². The molecule has 0 radical (unpaired) electrons. The number of carbonyl (C=O) groups excluding carboxylic acids is 2. The number of hydrogen-bond acceptors (Lipinski definition) is 5. The zero-order valence-electron chi connectivity index (χ0n) is 17.6. The summed E-state index contributed by atoms with van der Waals surface area (Å²) in [6, 6.07) is 15.7. The normalized spacial score (nSPS) is 10.4. The highest BCUT2D eigenvalue weighted by Gasteiger charge is 2.10. The summed E-state index contributed by atoms with van der Waals surface area (Å²) in [5, 5.41) is 5.63. The van der Waals surface area contributed by atoms with E-state index >= 15 is 0 Å². The van der Waals surface area contributed by atoms with Crippen LogP contribution < -0.4 is 20.1 Å². The molecule has 1 aromatic heterocycles. The van der Waals surface area contributed by atoms with Crippen LogP contribution in [0.5, 0.6) is 11.5 Å². The Morgan fingerprint density at radius 1 is 0.903 bits per heavy atom. The van der Waals surface area contributed by atoms with Gasteiger partial charge in [0.05, 0.1) is 19.5 Å². The van der Waals surface area contributed by atoms with E-state index in [2.05, 4.69) is 10.6 Å². The highest BCUT2D eigenvalue weighted by atomic mass is 16.5. The lowest BCUT2D eigenvalue weighted by atomic mass is 10.1. The van der Waals surface area contributed by atoms with Crippen LogP contribution in [-0.4, -0.2) is 31.6 Å². The van der Waals surface area contributed by atoms with E-state index in [-0.39, 0.29) is 17.6 Å². The van der Waals surface area contributed by atoms with Gasteiger partial charge in [-0.05, 0) is 74.4 Å². The largest absolute Gasteiger partial charge is 0.490 e. The Kier molecular flexibility index (Phi) is 7.70. The number of hydrogen-bond donors (Lipinski definition) is 2. The fraction of sp³-hybridized carbons (Fsp3) is 0.250. The Morgan fingerprint density at radius 3 is 2.32 bits per heavy atom. The molecule has 3 rings (SSSR count). The van der Waals surface area contributed by atoms with Crippen LogP contribution in [0.4, 0.5) is 5.69 Å². The fourth-order valence-corrected chi connectivity index (χ4v) is 2.98. The van der Waals surface area contributed by atoms with E-state index in [1.165, 1.54) is 6.26 Å². The third kappa shape index (κ3) is 6.12. The van der Waals surface area contributed by atoms with Gasteiger partial charge in [-0.3, -0.25) is 9.59 Å². The predicted molar refractivity (Wildman–Crippen MR) is 118 cm³/mol. The maximum atomic E-state index is 12.4. The van der Waals surface area contributed by atoms with Gasteiger partial charge < -0.3 is 24.5 Å². The molecule has 3 aromatic rings. The van der Waals surface area contributed by atoms with Gasteiger partial charge in [-0.25, -0.2) is 0 Å². The molecule has 1 heterocycles. The Bertz CT molecular complexity index is 997. The van der Waals surface area contributed by atoms with Crippen LogP contribution in [0.2, 0.25) is 0 Å². The molecule has 0 aliphatic rings. The second-order valence-electron chi connectivity index (χ2n) is 6.66. The van der Waals surface area contributed by atoms with E-state index in [0.29, 0.717) is 43.2 Å². The summed E-state index contributed by atoms with van der Waals surface area (Å²) >= 11 is 0. The lowest BCUT2D eigenvalue weighted by Crippen LogP contribution is -2.25. The topological polar surface area (TPSA) is 89.8 Å². The van der Waals surface area contributed by atoms with Crippen molar-refractivity contribution in [2.45, 2.75) is 20.3 Å². The molecule has 0 spiro atoms. The van der Waals surface area contributed by atoms with Crippen molar-refractivity contribution >= 4 is 17.5 Å². The third-order valence-electron chi connectivity index (χ3n) is 4.46. The van der Waals surface area contributed by atoms with E-state index in [4.69, 9.17) is 13.9 Å². The first kappa shape index (κ1) is 22.0. The molecular formula is C24H26N2O5. The van der Waals surface area contributed by atoms with Crippen molar-refractivity contribution in [3.63, 3.8) is 0 Å². The van der Waals surface area contributed by atoms with E-state index < -0.39 is 0 Å². The van der Waals surface area contributed by atoms with E-state index in [1.807, 2.05) is 32.0 Å². The summed E-state index contributed by atoms with van der Waals surface area (Å²) in [5.41, 5.74) is 2.14. The first-order chi connectivity index (χ1) is 15.1. The zero-order valence-corrected chi connectivity index (χ0v) is 17.6. The van der Waals surface area contributed by atoms with Gasteiger partial charge in [0, 0.05) is 17.8 Å². The summed E-state index contributed by atoms with van der Waals surface area (Å²) in [7, 11) is 0. The summed E-state index contributed by atoms with van der Waals surface area (Å²) in [4.78, 5) is 24.4. The van der Waals surface area contributed by atoms with Gasteiger partial charge in [0.25, 0.3) is 11.8 Å². The van der Waals surface area contributed by atoms with Crippen molar-refractivity contribution in [2.24, 2.45) is 0 Å².